The number of nitrogens with zero attached hydrogens (tertiary/aromatic N) is 3. The summed E-state index contributed by atoms with van der Waals surface area (Å²) in [4.78, 5) is 11.8. The molecule has 0 radical (unpaired) electrons. The molecule has 2 N–H and O–H groups in total. The number of aromatic nitrogens is 1. The van der Waals surface area contributed by atoms with Gasteiger partial charge in [0.2, 0.25) is 0 Å². The van der Waals surface area contributed by atoms with Gasteiger partial charge in [0.1, 0.15) is 5.82 Å². The van der Waals surface area contributed by atoms with Gasteiger partial charge in [-0.2, -0.15) is 0 Å². The lowest BCUT2D eigenvalue weighted by molar-refractivity contribution is 0.0168. The van der Waals surface area contributed by atoms with Crippen molar-refractivity contribution in [3.8, 4) is 0 Å². The molecule has 2 aliphatic rings. The fraction of sp³-hybridized carbons (Fsp3) is 0.739. The number of hydrogen-bond acceptors (Lipinski definition) is 5. The van der Waals surface area contributed by atoms with Crippen molar-refractivity contribution in [3.63, 3.8) is 0 Å². The van der Waals surface area contributed by atoms with E-state index >= 15 is 0 Å². The van der Waals surface area contributed by atoms with Gasteiger partial charge in [-0.1, -0.05) is 18.9 Å². The Morgan fingerprint density at radius 2 is 2.03 bits per heavy atom. The van der Waals surface area contributed by atoms with Gasteiger partial charge in [-0.05, 0) is 50.7 Å². The van der Waals surface area contributed by atoms with Crippen molar-refractivity contribution in [2.24, 2.45) is 4.99 Å². The van der Waals surface area contributed by atoms with Gasteiger partial charge in [-0.3, -0.25) is 0 Å². The smallest absolute Gasteiger partial charge is 0.191 e. The summed E-state index contributed by atoms with van der Waals surface area (Å²) in [6, 6.07) is 4.29. The molecule has 1 aromatic heterocycles. The molecule has 1 atom stereocenters. The molecule has 3 rings (SSSR count). The Bertz CT molecular complexity index is 615. The first kappa shape index (κ1) is 26.1. The summed E-state index contributed by atoms with van der Waals surface area (Å²) < 4.78 is 11.3. The molecule has 0 aromatic carbocycles. The summed E-state index contributed by atoms with van der Waals surface area (Å²) >= 11 is 0. The number of ether oxygens (including phenoxy) is 2. The molecule has 176 valence electrons. The highest BCUT2D eigenvalue weighted by atomic mass is 127. The van der Waals surface area contributed by atoms with Crippen LogP contribution in [0, 0.1) is 0 Å². The van der Waals surface area contributed by atoms with Crippen molar-refractivity contribution in [2.75, 3.05) is 50.9 Å². The normalized spacial score (nSPS) is 19.6. The van der Waals surface area contributed by atoms with E-state index in [9.17, 15) is 0 Å². The molecule has 0 saturated carbocycles. The van der Waals surface area contributed by atoms with Crippen LogP contribution in [0.3, 0.4) is 0 Å². The van der Waals surface area contributed by atoms with Crippen LogP contribution in [-0.2, 0) is 16.0 Å². The van der Waals surface area contributed by atoms with E-state index in [1.54, 1.807) is 0 Å². The number of guanidine groups is 1. The summed E-state index contributed by atoms with van der Waals surface area (Å²) in [5.41, 5.74) is 1.13. The molecule has 7 nitrogen and oxygen atoms in total. The second kappa shape index (κ2) is 15.6. The topological polar surface area (TPSA) is 71.0 Å². The highest BCUT2D eigenvalue weighted by Crippen LogP contribution is 2.17. The second-order valence-electron chi connectivity index (χ2n) is 8.11. The second-order valence-corrected chi connectivity index (χ2v) is 8.11. The maximum atomic E-state index is 5.72. The fourth-order valence-corrected chi connectivity index (χ4v) is 3.88. The molecule has 2 saturated heterocycles. The summed E-state index contributed by atoms with van der Waals surface area (Å²) in [6.07, 6.45) is 10.7. The number of pyridine rings is 1. The zero-order chi connectivity index (χ0) is 20.9. The minimum Gasteiger partial charge on any atom is -0.379 e. The van der Waals surface area contributed by atoms with Gasteiger partial charge in [0.15, 0.2) is 5.96 Å². The minimum atomic E-state index is 0. The van der Waals surface area contributed by atoms with Crippen molar-refractivity contribution in [3.05, 3.63) is 23.9 Å². The third-order valence-electron chi connectivity index (χ3n) is 5.59. The van der Waals surface area contributed by atoms with Crippen molar-refractivity contribution in [1.29, 1.82) is 0 Å². The van der Waals surface area contributed by atoms with Crippen LogP contribution in [-0.4, -0.2) is 63.0 Å². The van der Waals surface area contributed by atoms with Crippen molar-refractivity contribution >= 4 is 35.8 Å². The molecule has 2 aliphatic heterocycles. The van der Waals surface area contributed by atoms with E-state index in [-0.39, 0.29) is 24.0 Å². The maximum absolute atomic E-state index is 5.72. The van der Waals surface area contributed by atoms with Crippen LogP contribution in [0.4, 0.5) is 5.82 Å². The zero-order valence-electron chi connectivity index (χ0n) is 19.0. The number of rotatable bonds is 10. The number of anilines is 1. The fourth-order valence-electron chi connectivity index (χ4n) is 3.88. The monoisotopic (exact) mass is 545 g/mol. The van der Waals surface area contributed by atoms with Crippen molar-refractivity contribution in [1.82, 2.24) is 15.6 Å². The molecular weight excluding hydrogens is 505 g/mol. The van der Waals surface area contributed by atoms with Crippen LogP contribution in [0.15, 0.2) is 23.3 Å². The average Bonchev–Trinajstić information content (AvgIpc) is 3.14. The molecule has 31 heavy (non-hydrogen) atoms. The van der Waals surface area contributed by atoms with Gasteiger partial charge in [0.05, 0.1) is 19.3 Å². The molecule has 2 fully saturated rings. The van der Waals surface area contributed by atoms with E-state index in [0.717, 1.165) is 76.0 Å². The summed E-state index contributed by atoms with van der Waals surface area (Å²) in [6.45, 7) is 8.97. The molecule has 0 spiro atoms. The Morgan fingerprint density at radius 3 is 2.71 bits per heavy atom. The Kier molecular flexibility index (Phi) is 13.2. The van der Waals surface area contributed by atoms with Crippen LogP contribution >= 0.6 is 24.0 Å². The van der Waals surface area contributed by atoms with Crippen LogP contribution in [0.1, 0.15) is 57.4 Å². The first-order chi connectivity index (χ1) is 14.8. The summed E-state index contributed by atoms with van der Waals surface area (Å²) in [5, 5.41) is 6.70. The average molecular weight is 546 g/mol. The molecule has 0 aliphatic carbocycles. The number of nitrogens with one attached hydrogen (secondary N) is 2. The van der Waals surface area contributed by atoms with E-state index < -0.39 is 0 Å². The molecular formula is C23H40IN5O2. The van der Waals surface area contributed by atoms with Gasteiger partial charge in [-0.15, -0.1) is 24.0 Å². The Morgan fingerprint density at radius 1 is 1.19 bits per heavy atom. The molecule has 1 aromatic rings. The van der Waals surface area contributed by atoms with Crippen molar-refractivity contribution < 1.29 is 9.47 Å². The SMILES string of the molecule is CCNC(=NCc1ccc(N2CCCCCC2)nc1)NCCCOCC1CCCO1.I. The Balaban J connectivity index is 0.00000341. The number of aliphatic imine (C=N–C) groups is 1. The van der Waals surface area contributed by atoms with E-state index in [0.29, 0.717) is 19.3 Å². The van der Waals surface area contributed by atoms with E-state index in [4.69, 9.17) is 14.5 Å². The van der Waals surface area contributed by atoms with Crippen molar-refractivity contribution in [2.45, 2.75) is 64.5 Å². The minimum absolute atomic E-state index is 0. The lowest BCUT2D eigenvalue weighted by atomic mass is 10.2. The molecule has 0 bridgehead atoms. The Labute approximate surface area is 204 Å². The van der Waals surface area contributed by atoms with Gasteiger partial charge in [-0.25, -0.2) is 9.98 Å². The molecule has 1 unspecified atom stereocenters. The first-order valence-corrected chi connectivity index (χ1v) is 11.8. The molecule has 0 amide bonds. The summed E-state index contributed by atoms with van der Waals surface area (Å²) in [7, 11) is 0. The highest BCUT2D eigenvalue weighted by molar-refractivity contribution is 14.0. The Hall–Kier alpha value is -1.13. The van der Waals surface area contributed by atoms with E-state index in [1.807, 2.05) is 6.20 Å². The maximum Gasteiger partial charge on any atom is 0.191 e. The van der Waals surface area contributed by atoms with Crippen LogP contribution in [0.2, 0.25) is 0 Å². The van der Waals surface area contributed by atoms with Gasteiger partial charge >= 0.3 is 0 Å². The third kappa shape index (κ3) is 9.91. The molecule has 3 heterocycles. The van der Waals surface area contributed by atoms with Crippen LogP contribution < -0.4 is 15.5 Å². The quantitative estimate of drug-likeness (QED) is 0.202. The van der Waals surface area contributed by atoms with Gasteiger partial charge in [0.25, 0.3) is 0 Å². The van der Waals surface area contributed by atoms with Gasteiger partial charge in [0, 0.05) is 45.6 Å². The van der Waals surface area contributed by atoms with E-state index in [2.05, 4.69) is 39.6 Å². The zero-order valence-corrected chi connectivity index (χ0v) is 21.3. The van der Waals surface area contributed by atoms with Crippen LogP contribution in [0.5, 0.6) is 0 Å². The predicted molar refractivity (Wildman–Crippen MR) is 138 cm³/mol. The van der Waals surface area contributed by atoms with Crippen LogP contribution in [0.25, 0.3) is 0 Å². The number of hydrogen-bond donors (Lipinski definition) is 2. The van der Waals surface area contributed by atoms with E-state index in [1.165, 1.54) is 25.7 Å². The standard InChI is InChI=1S/C23H39N5O2.HI/c1-2-24-23(25-12-8-15-29-19-21-9-7-16-30-21)27-18-20-10-11-22(26-17-20)28-13-5-3-4-6-14-28;/h10-11,17,21H,2-9,12-16,18-19H2,1H3,(H2,24,25,27);1H. The summed E-state index contributed by atoms with van der Waals surface area (Å²) in [5.74, 6) is 1.94. The molecule has 8 heteroatoms. The largest absolute Gasteiger partial charge is 0.379 e. The lowest BCUT2D eigenvalue weighted by Crippen LogP contribution is -2.38. The highest BCUT2D eigenvalue weighted by Gasteiger charge is 2.15. The predicted octanol–water partition coefficient (Wildman–Crippen LogP) is 3.72. The third-order valence-corrected chi connectivity index (χ3v) is 5.59. The number of halogens is 1. The van der Waals surface area contributed by atoms with Gasteiger partial charge < -0.3 is 25.0 Å². The first-order valence-electron chi connectivity index (χ1n) is 11.8. The lowest BCUT2D eigenvalue weighted by Gasteiger charge is -2.21.